The Morgan fingerprint density at radius 1 is 1.33 bits per heavy atom. The molecule has 0 spiro atoms. The second-order valence-corrected chi connectivity index (χ2v) is 7.22. The van der Waals surface area contributed by atoms with Gasteiger partial charge in [-0.3, -0.25) is 0 Å². The summed E-state index contributed by atoms with van der Waals surface area (Å²) in [6, 6.07) is 2.14. The number of aromatic nitrogens is 2. The number of methoxy groups -OCH3 is 1. The molecule has 5 nitrogen and oxygen atoms in total. The number of aryl methyl sites for hydroxylation is 1. The van der Waals surface area contributed by atoms with Gasteiger partial charge in [0.15, 0.2) is 0 Å². The van der Waals surface area contributed by atoms with Crippen LogP contribution in [0.5, 0.6) is 0 Å². The topological polar surface area (TPSA) is 59.1 Å². The highest BCUT2D eigenvalue weighted by atomic mass is 32.1. The van der Waals surface area contributed by atoms with E-state index in [1.165, 1.54) is 4.88 Å². The Hall–Kier alpha value is -1.40. The molecule has 0 saturated heterocycles. The lowest BCUT2D eigenvalue weighted by Gasteiger charge is -2.25. The van der Waals surface area contributed by atoms with E-state index in [1.807, 2.05) is 7.05 Å². The van der Waals surface area contributed by atoms with Gasteiger partial charge in [0.2, 0.25) is 5.95 Å². The highest BCUT2D eigenvalue weighted by Crippen LogP contribution is 2.30. The van der Waals surface area contributed by atoms with Crippen molar-refractivity contribution in [2.45, 2.75) is 27.2 Å². The van der Waals surface area contributed by atoms with E-state index in [2.05, 4.69) is 47.4 Å². The molecule has 0 aliphatic rings. The minimum Gasteiger partial charge on any atom is -0.385 e. The van der Waals surface area contributed by atoms with Crippen LogP contribution in [0, 0.1) is 12.3 Å². The fourth-order valence-electron chi connectivity index (χ4n) is 2.08. The Kier molecular flexibility index (Phi) is 5.00. The van der Waals surface area contributed by atoms with Crippen LogP contribution >= 0.6 is 11.3 Å². The standard InChI is InChI=1S/C15H24N4OS/c1-10-8-11-12(17-9-15(2,3)6-7-20-5)18-14(16-4)19-13(11)21-10/h8H,6-7,9H2,1-5H3,(H2,16,17,18,19). The van der Waals surface area contributed by atoms with Crippen LogP contribution in [-0.2, 0) is 4.74 Å². The van der Waals surface area contributed by atoms with Crippen molar-refractivity contribution in [1.29, 1.82) is 0 Å². The monoisotopic (exact) mass is 308 g/mol. The highest BCUT2D eigenvalue weighted by molar-refractivity contribution is 7.18. The summed E-state index contributed by atoms with van der Waals surface area (Å²) in [5.41, 5.74) is 0.151. The molecule has 21 heavy (non-hydrogen) atoms. The Bertz CT molecular complexity index is 609. The zero-order chi connectivity index (χ0) is 15.5. The van der Waals surface area contributed by atoms with E-state index in [-0.39, 0.29) is 5.41 Å². The van der Waals surface area contributed by atoms with E-state index >= 15 is 0 Å². The van der Waals surface area contributed by atoms with Gasteiger partial charge < -0.3 is 15.4 Å². The van der Waals surface area contributed by atoms with Crippen molar-refractivity contribution in [3.8, 4) is 0 Å². The van der Waals surface area contributed by atoms with Crippen molar-refractivity contribution in [2.24, 2.45) is 5.41 Å². The van der Waals surface area contributed by atoms with Crippen molar-refractivity contribution in [3.05, 3.63) is 10.9 Å². The lowest BCUT2D eigenvalue weighted by Crippen LogP contribution is -2.25. The predicted molar refractivity (Wildman–Crippen MR) is 90.5 cm³/mol. The molecule has 2 aromatic heterocycles. The molecule has 0 aliphatic heterocycles. The molecular formula is C15H24N4OS. The van der Waals surface area contributed by atoms with Gasteiger partial charge in [0.05, 0.1) is 5.39 Å². The molecule has 2 aromatic rings. The molecular weight excluding hydrogens is 284 g/mol. The fourth-order valence-corrected chi connectivity index (χ4v) is 2.96. The first kappa shape index (κ1) is 16.0. The third-order valence-corrected chi connectivity index (χ3v) is 4.40. The van der Waals surface area contributed by atoms with Crippen molar-refractivity contribution in [2.75, 3.05) is 37.9 Å². The molecule has 0 fully saturated rings. The zero-order valence-corrected chi connectivity index (χ0v) is 14.2. The molecule has 0 atom stereocenters. The number of ether oxygens (including phenoxy) is 1. The SMILES string of the molecule is CNc1nc(NCC(C)(C)CCOC)c2cc(C)sc2n1. The van der Waals surface area contributed by atoms with E-state index in [0.717, 1.165) is 35.6 Å². The highest BCUT2D eigenvalue weighted by Gasteiger charge is 2.19. The van der Waals surface area contributed by atoms with Crippen LogP contribution in [-0.4, -0.2) is 37.3 Å². The van der Waals surface area contributed by atoms with E-state index in [4.69, 9.17) is 4.74 Å². The van der Waals surface area contributed by atoms with Crippen molar-refractivity contribution >= 4 is 33.3 Å². The number of hydrogen-bond acceptors (Lipinski definition) is 6. The number of nitrogens with zero attached hydrogens (tertiary/aromatic N) is 2. The largest absolute Gasteiger partial charge is 0.385 e. The summed E-state index contributed by atoms with van der Waals surface area (Å²) in [6.07, 6.45) is 1.01. The minimum absolute atomic E-state index is 0.151. The van der Waals surface area contributed by atoms with Gasteiger partial charge in [0.25, 0.3) is 0 Å². The Morgan fingerprint density at radius 2 is 2.10 bits per heavy atom. The number of nitrogens with one attached hydrogen (secondary N) is 2. The average Bonchev–Trinajstić information content (AvgIpc) is 2.82. The maximum Gasteiger partial charge on any atom is 0.225 e. The second kappa shape index (κ2) is 6.58. The third-order valence-electron chi connectivity index (χ3n) is 3.46. The van der Waals surface area contributed by atoms with Crippen LogP contribution in [0.25, 0.3) is 10.2 Å². The van der Waals surface area contributed by atoms with Gasteiger partial charge in [-0.05, 0) is 24.8 Å². The van der Waals surface area contributed by atoms with Gasteiger partial charge in [0.1, 0.15) is 10.6 Å². The third kappa shape index (κ3) is 4.04. The lowest BCUT2D eigenvalue weighted by atomic mass is 9.90. The summed E-state index contributed by atoms with van der Waals surface area (Å²) >= 11 is 1.69. The van der Waals surface area contributed by atoms with Gasteiger partial charge >= 0.3 is 0 Å². The first-order valence-corrected chi connectivity index (χ1v) is 7.95. The molecule has 0 unspecified atom stereocenters. The van der Waals surface area contributed by atoms with Crippen molar-refractivity contribution in [3.63, 3.8) is 0 Å². The Labute approximate surface area is 130 Å². The van der Waals surface area contributed by atoms with E-state index in [1.54, 1.807) is 18.4 Å². The van der Waals surface area contributed by atoms with Crippen LogP contribution in [0.4, 0.5) is 11.8 Å². The van der Waals surface area contributed by atoms with Gasteiger partial charge in [-0.25, -0.2) is 4.98 Å². The number of fused-ring (bicyclic) bond motifs is 1. The summed E-state index contributed by atoms with van der Waals surface area (Å²) in [5.74, 6) is 1.56. The minimum atomic E-state index is 0.151. The molecule has 0 amide bonds. The van der Waals surface area contributed by atoms with Crippen LogP contribution in [0.1, 0.15) is 25.1 Å². The average molecular weight is 308 g/mol. The maximum atomic E-state index is 5.18. The summed E-state index contributed by atoms with van der Waals surface area (Å²) in [4.78, 5) is 11.3. The quantitative estimate of drug-likeness (QED) is 0.819. The smallest absolute Gasteiger partial charge is 0.225 e. The van der Waals surface area contributed by atoms with Crippen LogP contribution < -0.4 is 10.6 Å². The summed E-state index contributed by atoms with van der Waals surface area (Å²) in [7, 11) is 3.58. The van der Waals surface area contributed by atoms with Crippen LogP contribution in [0.3, 0.4) is 0 Å². The molecule has 2 rings (SSSR count). The van der Waals surface area contributed by atoms with Gasteiger partial charge in [-0.15, -0.1) is 11.3 Å². The van der Waals surface area contributed by atoms with E-state index in [0.29, 0.717) is 5.95 Å². The summed E-state index contributed by atoms with van der Waals surface area (Å²) in [5, 5.41) is 7.61. The Balaban J connectivity index is 2.20. The van der Waals surface area contributed by atoms with E-state index in [9.17, 15) is 0 Å². The Morgan fingerprint density at radius 3 is 2.76 bits per heavy atom. The molecule has 6 heteroatoms. The molecule has 0 aliphatic carbocycles. The van der Waals surface area contributed by atoms with Gasteiger partial charge in [0, 0.05) is 32.2 Å². The van der Waals surface area contributed by atoms with Crippen molar-refractivity contribution in [1.82, 2.24) is 9.97 Å². The van der Waals surface area contributed by atoms with Crippen LogP contribution in [0.15, 0.2) is 6.07 Å². The molecule has 2 N–H and O–H groups in total. The number of thiophene rings is 1. The molecule has 116 valence electrons. The summed E-state index contributed by atoms with van der Waals surface area (Å²) in [6.45, 7) is 8.18. The van der Waals surface area contributed by atoms with Crippen LogP contribution in [0.2, 0.25) is 0 Å². The van der Waals surface area contributed by atoms with Gasteiger partial charge in [-0.1, -0.05) is 13.8 Å². The van der Waals surface area contributed by atoms with E-state index < -0.39 is 0 Å². The zero-order valence-electron chi connectivity index (χ0n) is 13.4. The molecule has 2 heterocycles. The first-order valence-electron chi connectivity index (χ1n) is 7.14. The molecule has 0 aromatic carbocycles. The molecule has 0 bridgehead atoms. The number of rotatable bonds is 7. The first-order chi connectivity index (χ1) is 9.95. The maximum absolute atomic E-state index is 5.18. The number of anilines is 2. The number of hydrogen-bond donors (Lipinski definition) is 2. The lowest BCUT2D eigenvalue weighted by molar-refractivity contribution is 0.157. The summed E-state index contributed by atoms with van der Waals surface area (Å²) < 4.78 is 5.18. The fraction of sp³-hybridized carbons (Fsp3) is 0.600. The second-order valence-electron chi connectivity index (χ2n) is 5.98. The molecule has 0 radical (unpaired) electrons. The van der Waals surface area contributed by atoms with Crippen molar-refractivity contribution < 1.29 is 4.74 Å². The predicted octanol–water partition coefficient (Wildman–Crippen LogP) is 3.52. The van der Waals surface area contributed by atoms with Gasteiger partial charge in [-0.2, -0.15) is 4.98 Å². The normalized spacial score (nSPS) is 11.9. The molecule has 0 saturated carbocycles.